The lowest BCUT2D eigenvalue weighted by Crippen LogP contribution is -2.42. The first-order chi connectivity index (χ1) is 8.86. The molecule has 6 heteroatoms. The average molecular weight is 258 g/mol. The van der Waals surface area contributed by atoms with E-state index >= 15 is 0 Å². The third-order valence-electron chi connectivity index (χ3n) is 3.22. The van der Waals surface area contributed by atoms with Gasteiger partial charge in [0.25, 0.3) is 0 Å². The fraction of sp³-hybridized carbons (Fsp3) is 0.917. The van der Waals surface area contributed by atoms with Crippen molar-refractivity contribution in [3.63, 3.8) is 0 Å². The summed E-state index contributed by atoms with van der Waals surface area (Å²) in [5.41, 5.74) is 0. The van der Waals surface area contributed by atoms with E-state index in [4.69, 9.17) is 14.2 Å². The minimum Gasteiger partial charge on any atom is -0.378 e. The summed E-state index contributed by atoms with van der Waals surface area (Å²) in [6.45, 7) is 5.42. The highest BCUT2D eigenvalue weighted by atomic mass is 16.7. The second kappa shape index (κ2) is 7.68. The predicted molar refractivity (Wildman–Crippen MR) is 65.2 cm³/mol. The molecular weight excluding hydrogens is 236 g/mol. The molecule has 104 valence electrons. The molecule has 0 aromatic carbocycles. The minimum absolute atomic E-state index is 0.207. The molecule has 2 rings (SSSR count). The van der Waals surface area contributed by atoms with Gasteiger partial charge in [-0.3, -0.25) is 4.79 Å². The number of nitrogens with one attached hydrogen (secondary N) is 1. The maximum Gasteiger partial charge on any atom is 0.224 e. The minimum atomic E-state index is 0.207. The zero-order valence-corrected chi connectivity index (χ0v) is 10.7. The molecule has 2 heterocycles. The second-order valence-electron chi connectivity index (χ2n) is 4.55. The van der Waals surface area contributed by atoms with Crippen LogP contribution in [0.4, 0.5) is 0 Å². The van der Waals surface area contributed by atoms with E-state index < -0.39 is 0 Å². The molecule has 0 aliphatic carbocycles. The predicted octanol–water partition coefficient (Wildman–Crippen LogP) is -0.412. The van der Waals surface area contributed by atoms with Gasteiger partial charge in [0.2, 0.25) is 5.91 Å². The van der Waals surface area contributed by atoms with Gasteiger partial charge in [-0.15, -0.1) is 0 Å². The molecule has 18 heavy (non-hydrogen) atoms. The second-order valence-corrected chi connectivity index (χ2v) is 4.55. The molecule has 0 saturated carbocycles. The van der Waals surface area contributed by atoms with Crippen LogP contribution in [0, 0.1) is 0 Å². The van der Waals surface area contributed by atoms with Gasteiger partial charge in [-0.25, -0.2) is 0 Å². The maximum absolute atomic E-state index is 11.8. The number of hydrogen-bond donors (Lipinski definition) is 1. The first-order valence-corrected chi connectivity index (χ1v) is 6.62. The van der Waals surface area contributed by atoms with E-state index in [1.54, 1.807) is 0 Å². The summed E-state index contributed by atoms with van der Waals surface area (Å²) in [7, 11) is 0. The van der Waals surface area contributed by atoms with Crippen LogP contribution < -0.4 is 5.32 Å². The van der Waals surface area contributed by atoms with Crippen molar-refractivity contribution in [1.29, 1.82) is 0 Å². The van der Waals surface area contributed by atoms with Crippen molar-refractivity contribution in [2.75, 3.05) is 52.8 Å². The highest BCUT2D eigenvalue weighted by molar-refractivity contribution is 5.76. The van der Waals surface area contributed by atoms with Crippen LogP contribution in [0.2, 0.25) is 0 Å². The number of nitrogens with zero attached hydrogens (tertiary/aromatic N) is 1. The Morgan fingerprint density at radius 2 is 2.06 bits per heavy atom. The Morgan fingerprint density at radius 3 is 2.78 bits per heavy atom. The molecule has 0 bridgehead atoms. The Bertz CT molecular complexity index is 250. The van der Waals surface area contributed by atoms with Crippen molar-refractivity contribution in [3.05, 3.63) is 0 Å². The highest BCUT2D eigenvalue weighted by Gasteiger charge is 2.17. The lowest BCUT2D eigenvalue weighted by molar-refractivity contribution is -0.138. The van der Waals surface area contributed by atoms with Gasteiger partial charge in [0.1, 0.15) is 6.79 Å². The summed E-state index contributed by atoms with van der Waals surface area (Å²) in [4.78, 5) is 13.7. The zero-order chi connectivity index (χ0) is 12.6. The molecular formula is C12H22N2O4. The van der Waals surface area contributed by atoms with Gasteiger partial charge in [-0.1, -0.05) is 0 Å². The van der Waals surface area contributed by atoms with Gasteiger partial charge in [0.15, 0.2) is 0 Å². The number of morpholine rings is 1. The normalized spacial score (nSPS) is 25.1. The van der Waals surface area contributed by atoms with Gasteiger partial charge < -0.3 is 24.4 Å². The first kappa shape index (κ1) is 13.7. The third kappa shape index (κ3) is 4.53. The van der Waals surface area contributed by atoms with Crippen LogP contribution in [0.5, 0.6) is 0 Å². The number of carbonyl (C=O) groups excluding carboxylic acids is 1. The molecule has 2 saturated heterocycles. The van der Waals surface area contributed by atoms with Crippen LogP contribution in [-0.2, 0) is 19.0 Å². The molecule has 2 aliphatic heterocycles. The van der Waals surface area contributed by atoms with Gasteiger partial charge in [0.05, 0.1) is 25.9 Å². The summed E-state index contributed by atoms with van der Waals surface area (Å²) in [6.07, 6.45) is 1.69. The van der Waals surface area contributed by atoms with Crippen LogP contribution in [0.15, 0.2) is 0 Å². The van der Waals surface area contributed by atoms with E-state index in [1.807, 2.05) is 4.90 Å². The van der Waals surface area contributed by atoms with Crippen molar-refractivity contribution in [3.8, 4) is 0 Å². The first-order valence-electron chi connectivity index (χ1n) is 6.62. The molecule has 1 amide bonds. The Hall–Kier alpha value is -0.690. The Labute approximate surface area is 108 Å². The summed E-state index contributed by atoms with van der Waals surface area (Å²) in [6, 6.07) is 0. The maximum atomic E-state index is 11.8. The molecule has 1 atom stereocenters. The van der Waals surface area contributed by atoms with E-state index in [9.17, 15) is 4.79 Å². The van der Waals surface area contributed by atoms with Crippen molar-refractivity contribution in [2.45, 2.75) is 18.9 Å². The van der Waals surface area contributed by atoms with E-state index in [0.717, 1.165) is 32.7 Å². The van der Waals surface area contributed by atoms with Crippen LogP contribution in [0.25, 0.3) is 0 Å². The van der Waals surface area contributed by atoms with Crippen molar-refractivity contribution >= 4 is 5.91 Å². The van der Waals surface area contributed by atoms with E-state index in [2.05, 4.69) is 5.32 Å². The zero-order valence-electron chi connectivity index (χ0n) is 10.7. The fourth-order valence-electron chi connectivity index (χ4n) is 2.09. The van der Waals surface area contributed by atoms with Gasteiger partial charge in [-0.05, 0) is 6.42 Å². The van der Waals surface area contributed by atoms with Crippen LogP contribution in [-0.4, -0.2) is 69.7 Å². The van der Waals surface area contributed by atoms with E-state index in [0.29, 0.717) is 33.0 Å². The molecule has 0 spiro atoms. The number of ether oxygens (including phenoxy) is 3. The number of hydrogen-bond acceptors (Lipinski definition) is 5. The number of rotatable bonds is 5. The summed E-state index contributed by atoms with van der Waals surface area (Å²) >= 11 is 0. The van der Waals surface area contributed by atoms with Crippen LogP contribution in [0.3, 0.4) is 0 Å². The smallest absolute Gasteiger partial charge is 0.224 e. The van der Waals surface area contributed by atoms with Crippen molar-refractivity contribution < 1.29 is 19.0 Å². The lowest BCUT2D eigenvalue weighted by Gasteiger charge is -2.27. The monoisotopic (exact) mass is 258 g/mol. The average Bonchev–Trinajstić information content (AvgIpc) is 2.45. The summed E-state index contributed by atoms with van der Waals surface area (Å²) in [5, 5.41) is 3.27. The Morgan fingerprint density at radius 1 is 1.22 bits per heavy atom. The fourth-order valence-corrected chi connectivity index (χ4v) is 2.09. The Balaban J connectivity index is 1.52. The van der Waals surface area contributed by atoms with Gasteiger partial charge in [0, 0.05) is 32.6 Å². The molecule has 2 aliphatic rings. The largest absolute Gasteiger partial charge is 0.378 e. The molecule has 0 aromatic heterocycles. The highest BCUT2D eigenvalue weighted by Crippen LogP contribution is 2.04. The molecule has 6 nitrogen and oxygen atoms in total. The van der Waals surface area contributed by atoms with Crippen molar-refractivity contribution in [1.82, 2.24) is 10.2 Å². The lowest BCUT2D eigenvalue weighted by atomic mass is 10.2. The topological polar surface area (TPSA) is 60.0 Å². The Kier molecular flexibility index (Phi) is 5.86. The number of amides is 1. The molecule has 1 unspecified atom stereocenters. The third-order valence-corrected chi connectivity index (χ3v) is 3.22. The van der Waals surface area contributed by atoms with Gasteiger partial charge >= 0.3 is 0 Å². The van der Waals surface area contributed by atoms with E-state index in [-0.39, 0.29) is 12.0 Å². The molecule has 1 N–H and O–H groups in total. The summed E-state index contributed by atoms with van der Waals surface area (Å²) in [5.74, 6) is 0.207. The number of carbonyl (C=O) groups is 1. The van der Waals surface area contributed by atoms with Crippen LogP contribution >= 0.6 is 0 Å². The SMILES string of the molecule is O=C(CCNCC1CCOCO1)N1CCOCC1. The van der Waals surface area contributed by atoms with E-state index in [1.165, 1.54) is 0 Å². The quantitative estimate of drug-likeness (QED) is 0.679. The molecule has 0 aromatic rings. The summed E-state index contributed by atoms with van der Waals surface area (Å²) < 4.78 is 15.7. The van der Waals surface area contributed by atoms with Crippen LogP contribution in [0.1, 0.15) is 12.8 Å². The van der Waals surface area contributed by atoms with Gasteiger partial charge in [-0.2, -0.15) is 0 Å². The molecule has 0 radical (unpaired) electrons. The molecule has 2 fully saturated rings. The standard InChI is InChI=1S/C12H22N2O4/c15-12(14-4-7-16-8-5-14)1-3-13-9-11-2-6-17-10-18-11/h11,13H,1-10H2. The van der Waals surface area contributed by atoms with Crippen molar-refractivity contribution in [2.24, 2.45) is 0 Å².